The van der Waals surface area contributed by atoms with E-state index in [1.807, 2.05) is 19.1 Å². The Bertz CT molecular complexity index is 373. The van der Waals surface area contributed by atoms with Gasteiger partial charge in [0.25, 0.3) is 0 Å². The van der Waals surface area contributed by atoms with E-state index in [0.29, 0.717) is 5.56 Å². The molecule has 0 spiro atoms. The summed E-state index contributed by atoms with van der Waals surface area (Å²) in [5.74, 6) is -0.346. The molecule has 100 valence electrons. The molecule has 5 nitrogen and oxygen atoms in total. The molecule has 1 unspecified atom stereocenters. The Balaban J connectivity index is 2.66. The molecule has 1 atom stereocenters. The maximum absolute atomic E-state index is 11.3. The first-order valence-electron chi connectivity index (χ1n) is 5.63. The highest BCUT2D eigenvalue weighted by atomic mass is 16.7. The van der Waals surface area contributed by atoms with Gasteiger partial charge in [-0.1, -0.05) is 0 Å². The van der Waals surface area contributed by atoms with E-state index in [2.05, 4.69) is 10.1 Å². The van der Waals surface area contributed by atoms with Gasteiger partial charge in [-0.2, -0.15) is 0 Å². The summed E-state index contributed by atoms with van der Waals surface area (Å²) in [6.45, 7) is 1.95. The molecule has 0 radical (unpaired) electrons. The SMILES string of the molecule is COC(=O)c1ccc(NC(C)C(OC)OC)cc1. The number of esters is 1. The van der Waals surface area contributed by atoms with Gasteiger partial charge in [0.05, 0.1) is 18.7 Å². The molecule has 5 heteroatoms. The Labute approximate surface area is 107 Å². The van der Waals surface area contributed by atoms with Gasteiger partial charge in [0.15, 0.2) is 6.29 Å². The van der Waals surface area contributed by atoms with E-state index in [9.17, 15) is 4.79 Å². The van der Waals surface area contributed by atoms with Gasteiger partial charge in [0.2, 0.25) is 0 Å². The summed E-state index contributed by atoms with van der Waals surface area (Å²) in [5.41, 5.74) is 1.40. The van der Waals surface area contributed by atoms with Crippen LogP contribution in [0, 0.1) is 0 Å². The van der Waals surface area contributed by atoms with Gasteiger partial charge in [-0.25, -0.2) is 4.79 Å². The molecule has 1 rings (SSSR count). The van der Waals surface area contributed by atoms with Crippen molar-refractivity contribution in [2.45, 2.75) is 19.3 Å². The smallest absolute Gasteiger partial charge is 0.337 e. The Morgan fingerprint density at radius 1 is 1.11 bits per heavy atom. The van der Waals surface area contributed by atoms with Gasteiger partial charge < -0.3 is 19.5 Å². The molecular weight excluding hydrogens is 234 g/mol. The third kappa shape index (κ3) is 3.72. The minimum Gasteiger partial charge on any atom is -0.465 e. The van der Waals surface area contributed by atoms with Crippen molar-refractivity contribution in [2.24, 2.45) is 0 Å². The van der Waals surface area contributed by atoms with E-state index in [1.165, 1.54) is 7.11 Å². The average Bonchev–Trinajstić information content (AvgIpc) is 2.40. The minimum atomic E-state index is -0.346. The van der Waals surface area contributed by atoms with Crippen molar-refractivity contribution in [1.82, 2.24) is 0 Å². The summed E-state index contributed by atoms with van der Waals surface area (Å²) in [5, 5.41) is 3.23. The van der Waals surface area contributed by atoms with Crippen molar-refractivity contribution in [3.63, 3.8) is 0 Å². The molecule has 0 amide bonds. The zero-order chi connectivity index (χ0) is 13.5. The molecule has 1 aromatic rings. The van der Waals surface area contributed by atoms with Crippen LogP contribution in [0.1, 0.15) is 17.3 Å². The molecule has 0 aliphatic heterocycles. The fraction of sp³-hybridized carbons (Fsp3) is 0.462. The maximum atomic E-state index is 11.3. The Hall–Kier alpha value is -1.59. The number of hydrogen-bond acceptors (Lipinski definition) is 5. The number of ether oxygens (including phenoxy) is 3. The van der Waals surface area contributed by atoms with Crippen LogP contribution in [0.5, 0.6) is 0 Å². The van der Waals surface area contributed by atoms with Crippen LogP contribution in [0.4, 0.5) is 5.69 Å². The third-order valence-electron chi connectivity index (χ3n) is 2.57. The fourth-order valence-electron chi connectivity index (χ4n) is 1.66. The second kappa shape index (κ2) is 6.98. The summed E-state index contributed by atoms with van der Waals surface area (Å²) in [6, 6.07) is 7.02. The summed E-state index contributed by atoms with van der Waals surface area (Å²) >= 11 is 0. The molecule has 0 saturated heterocycles. The van der Waals surface area contributed by atoms with Gasteiger partial charge in [-0.3, -0.25) is 0 Å². The molecule has 1 aromatic carbocycles. The minimum absolute atomic E-state index is 0.0102. The van der Waals surface area contributed by atoms with Crippen LogP contribution in [0.15, 0.2) is 24.3 Å². The molecule has 0 fully saturated rings. The number of carbonyl (C=O) groups is 1. The highest BCUT2D eigenvalue weighted by Crippen LogP contribution is 2.13. The number of hydrogen-bond donors (Lipinski definition) is 1. The third-order valence-corrected chi connectivity index (χ3v) is 2.57. The zero-order valence-electron chi connectivity index (χ0n) is 11.1. The predicted molar refractivity (Wildman–Crippen MR) is 68.7 cm³/mol. The molecule has 1 N–H and O–H groups in total. The number of methoxy groups -OCH3 is 3. The van der Waals surface area contributed by atoms with E-state index in [4.69, 9.17) is 9.47 Å². The molecule has 0 aliphatic carbocycles. The van der Waals surface area contributed by atoms with Gasteiger partial charge in [0.1, 0.15) is 0 Å². The van der Waals surface area contributed by atoms with Crippen molar-refractivity contribution in [1.29, 1.82) is 0 Å². The number of benzene rings is 1. The van der Waals surface area contributed by atoms with E-state index < -0.39 is 0 Å². The summed E-state index contributed by atoms with van der Waals surface area (Å²) < 4.78 is 14.9. The summed E-state index contributed by atoms with van der Waals surface area (Å²) in [7, 11) is 4.54. The average molecular weight is 253 g/mol. The summed E-state index contributed by atoms with van der Waals surface area (Å²) in [4.78, 5) is 11.3. The fourth-order valence-corrected chi connectivity index (χ4v) is 1.66. The van der Waals surface area contributed by atoms with E-state index in [-0.39, 0.29) is 18.3 Å². The standard InChI is InChI=1S/C13H19NO4/c1-9(13(17-3)18-4)14-11-7-5-10(6-8-11)12(15)16-2/h5-9,13-14H,1-4H3. The van der Waals surface area contributed by atoms with Gasteiger partial charge in [0, 0.05) is 19.9 Å². The van der Waals surface area contributed by atoms with Crippen LogP contribution in [0.25, 0.3) is 0 Å². The van der Waals surface area contributed by atoms with Crippen molar-refractivity contribution in [3.05, 3.63) is 29.8 Å². The van der Waals surface area contributed by atoms with Gasteiger partial charge in [-0.05, 0) is 31.2 Å². The second-order valence-corrected chi connectivity index (χ2v) is 3.84. The van der Waals surface area contributed by atoms with Crippen LogP contribution in [-0.4, -0.2) is 39.6 Å². The van der Waals surface area contributed by atoms with E-state index >= 15 is 0 Å². The lowest BCUT2D eigenvalue weighted by molar-refractivity contribution is -0.109. The summed E-state index contributed by atoms with van der Waals surface area (Å²) in [6.07, 6.45) is -0.328. The van der Waals surface area contributed by atoms with E-state index in [0.717, 1.165) is 5.69 Å². The molecule has 18 heavy (non-hydrogen) atoms. The quantitative estimate of drug-likeness (QED) is 0.619. The Kier molecular flexibility index (Phi) is 5.61. The van der Waals surface area contributed by atoms with Crippen LogP contribution >= 0.6 is 0 Å². The molecular formula is C13H19NO4. The lowest BCUT2D eigenvalue weighted by Gasteiger charge is -2.23. The number of anilines is 1. The van der Waals surface area contributed by atoms with E-state index in [1.54, 1.807) is 26.4 Å². The highest BCUT2D eigenvalue weighted by Gasteiger charge is 2.15. The first-order chi connectivity index (χ1) is 8.62. The zero-order valence-corrected chi connectivity index (χ0v) is 11.1. The second-order valence-electron chi connectivity index (χ2n) is 3.84. The molecule has 0 aromatic heterocycles. The maximum Gasteiger partial charge on any atom is 0.337 e. The Morgan fingerprint density at radius 2 is 1.67 bits per heavy atom. The van der Waals surface area contributed by atoms with Crippen molar-refractivity contribution >= 4 is 11.7 Å². The molecule has 0 bridgehead atoms. The largest absolute Gasteiger partial charge is 0.465 e. The van der Waals surface area contributed by atoms with Crippen molar-refractivity contribution in [2.75, 3.05) is 26.6 Å². The van der Waals surface area contributed by atoms with Crippen LogP contribution in [-0.2, 0) is 14.2 Å². The molecule has 0 saturated carbocycles. The predicted octanol–water partition coefficient (Wildman–Crippen LogP) is 1.89. The van der Waals surface area contributed by atoms with Crippen LogP contribution < -0.4 is 5.32 Å². The monoisotopic (exact) mass is 253 g/mol. The first-order valence-corrected chi connectivity index (χ1v) is 5.63. The lowest BCUT2D eigenvalue weighted by atomic mass is 10.2. The number of carbonyl (C=O) groups excluding carboxylic acids is 1. The molecule has 0 heterocycles. The Morgan fingerprint density at radius 3 is 2.11 bits per heavy atom. The van der Waals surface area contributed by atoms with Crippen LogP contribution in [0.3, 0.4) is 0 Å². The first kappa shape index (κ1) is 14.5. The van der Waals surface area contributed by atoms with Crippen LogP contribution in [0.2, 0.25) is 0 Å². The highest BCUT2D eigenvalue weighted by molar-refractivity contribution is 5.89. The normalized spacial score (nSPS) is 12.3. The van der Waals surface area contributed by atoms with Crippen molar-refractivity contribution < 1.29 is 19.0 Å². The number of rotatable bonds is 6. The number of nitrogens with one attached hydrogen (secondary N) is 1. The van der Waals surface area contributed by atoms with Crippen molar-refractivity contribution in [3.8, 4) is 0 Å². The lowest BCUT2D eigenvalue weighted by Crippen LogP contribution is -2.33. The van der Waals surface area contributed by atoms with Gasteiger partial charge in [-0.15, -0.1) is 0 Å². The topological polar surface area (TPSA) is 56.8 Å². The molecule has 0 aliphatic rings. The van der Waals surface area contributed by atoms with Gasteiger partial charge >= 0.3 is 5.97 Å².